The maximum absolute atomic E-state index is 12.3. The molecule has 0 heterocycles. The van der Waals surface area contributed by atoms with Crippen LogP contribution in [-0.2, 0) is 16.1 Å². The molecule has 1 aliphatic carbocycles. The molecule has 2 amide bonds. The molecule has 0 spiro atoms. The molecular formula is C18H27N6O4-. The minimum Gasteiger partial charge on any atom is -0.785 e. The highest BCUT2D eigenvalue weighted by molar-refractivity contribution is 5.96. The van der Waals surface area contributed by atoms with Gasteiger partial charge in [-0.3, -0.25) is 9.59 Å². The van der Waals surface area contributed by atoms with E-state index in [2.05, 4.69) is 15.8 Å². The van der Waals surface area contributed by atoms with Crippen LogP contribution < -0.4 is 22.1 Å². The largest absolute Gasteiger partial charge is 0.785 e. The number of carbonyl (C=O) groups excluding carboxylic acids is 2. The van der Waals surface area contributed by atoms with E-state index in [1.807, 2.05) is 13.8 Å². The molecule has 10 nitrogen and oxygen atoms in total. The molecule has 7 N–H and O–H groups in total. The second-order valence-electron chi connectivity index (χ2n) is 7.13. The molecule has 1 aromatic rings. The fraction of sp³-hybridized carbons (Fsp3) is 0.500. The highest BCUT2D eigenvalue weighted by Gasteiger charge is 2.59. The van der Waals surface area contributed by atoms with Gasteiger partial charge in [-0.15, -0.1) is 0 Å². The summed E-state index contributed by atoms with van der Waals surface area (Å²) in [6.07, 6.45) is 0. The molecule has 0 radical (unpaired) electrons. The summed E-state index contributed by atoms with van der Waals surface area (Å²) >= 11 is 0. The van der Waals surface area contributed by atoms with Crippen LogP contribution in [0.25, 0.3) is 0 Å². The molecule has 1 fully saturated rings. The summed E-state index contributed by atoms with van der Waals surface area (Å²) in [5, 5.41) is 30.0. The van der Waals surface area contributed by atoms with Gasteiger partial charge in [0, 0.05) is 18.7 Å². The summed E-state index contributed by atoms with van der Waals surface area (Å²) in [7, 11) is 0. The average molecular weight is 391 g/mol. The highest BCUT2D eigenvalue weighted by Crippen LogP contribution is 2.50. The molecule has 2 unspecified atom stereocenters. The lowest BCUT2D eigenvalue weighted by molar-refractivity contribution is -0.122. The van der Waals surface area contributed by atoms with Crippen LogP contribution in [0.1, 0.15) is 25.0 Å². The van der Waals surface area contributed by atoms with Crippen LogP contribution in [0.2, 0.25) is 0 Å². The molecule has 1 aromatic carbocycles. The fourth-order valence-electron chi connectivity index (χ4n) is 3.34. The first-order valence-electron chi connectivity index (χ1n) is 9.00. The molecule has 0 bridgehead atoms. The van der Waals surface area contributed by atoms with E-state index in [9.17, 15) is 14.8 Å². The predicted molar refractivity (Wildman–Crippen MR) is 104 cm³/mol. The van der Waals surface area contributed by atoms with Crippen molar-refractivity contribution in [3.8, 4) is 0 Å². The number of nitrogens with two attached hydrogens (primary N) is 2. The zero-order chi connectivity index (χ0) is 20.9. The Balaban J connectivity index is 1.83. The van der Waals surface area contributed by atoms with Crippen molar-refractivity contribution in [1.29, 1.82) is 0 Å². The molecule has 1 saturated carbocycles. The van der Waals surface area contributed by atoms with Crippen molar-refractivity contribution in [2.24, 2.45) is 28.5 Å². The molecule has 2 atom stereocenters. The van der Waals surface area contributed by atoms with E-state index in [0.29, 0.717) is 10.6 Å². The zero-order valence-electron chi connectivity index (χ0n) is 16.0. The van der Waals surface area contributed by atoms with Gasteiger partial charge in [0.1, 0.15) is 0 Å². The Labute approximate surface area is 163 Å². The molecular weight excluding hydrogens is 364 g/mol. The number of hydroxylamine groups is 2. The summed E-state index contributed by atoms with van der Waals surface area (Å²) in [5.41, 5.74) is 11.6. The molecule has 28 heavy (non-hydrogen) atoms. The molecule has 10 heteroatoms. The third-order valence-electron chi connectivity index (χ3n) is 5.43. The minimum absolute atomic E-state index is 0.00299. The van der Waals surface area contributed by atoms with Crippen molar-refractivity contribution in [3.63, 3.8) is 0 Å². The van der Waals surface area contributed by atoms with Crippen LogP contribution in [0.15, 0.2) is 29.4 Å². The van der Waals surface area contributed by atoms with Crippen LogP contribution in [0, 0.1) is 17.0 Å². The van der Waals surface area contributed by atoms with Crippen LogP contribution in [0.4, 0.5) is 0 Å². The van der Waals surface area contributed by atoms with E-state index in [0.717, 1.165) is 5.56 Å². The van der Waals surface area contributed by atoms with Crippen molar-refractivity contribution >= 4 is 17.6 Å². The van der Waals surface area contributed by atoms with Gasteiger partial charge in [-0.2, -0.15) is 0 Å². The normalized spacial score (nSPS) is 24.1. The van der Waals surface area contributed by atoms with E-state index in [1.165, 1.54) is 0 Å². The number of carbonyl (C=O) groups is 2. The Hall–Kier alpha value is -2.69. The monoisotopic (exact) mass is 391 g/mol. The molecule has 1 aliphatic rings. The van der Waals surface area contributed by atoms with Crippen LogP contribution in [0.5, 0.6) is 0 Å². The van der Waals surface area contributed by atoms with Crippen LogP contribution in [-0.4, -0.2) is 53.1 Å². The third-order valence-corrected chi connectivity index (χ3v) is 5.43. The number of nitrogens with one attached hydrogen (secondary N) is 2. The van der Waals surface area contributed by atoms with E-state index in [1.54, 1.807) is 24.3 Å². The number of nitrogens with zero attached hydrogens (tertiary/aromatic N) is 2. The molecule has 154 valence electrons. The van der Waals surface area contributed by atoms with Gasteiger partial charge >= 0.3 is 0 Å². The summed E-state index contributed by atoms with van der Waals surface area (Å²) in [4.78, 5) is 23.7. The lowest BCUT2D eigenvalue weighted by atomic mass is 10.1. The smallest absolute Gasteiger partial charge is 0.234 e. The van der Waals surface area contributed by atoms with Crippen LogP contribution in [0.3, 0.4) is 0 Å². The van der Waals surface area contributed by atoms with E-state index in [-0.39, 0.29) is 49.8 Å². The molecule has 2 rings (SSSR count). The van der Waals surface area contributed by atoms with Crippen molar-refractivity contribution < 1.29 is 14.8 Å². The molecule has 0 aliphatic heterocycles. The van der Waals surface area contributed by atoms with Crippen LogP contribution >= 0.6 is 0 Å². The summed E-state index contributed by atoms with van der Waals surface area (Å²) in [6.45, 7) is 3.70. The summed E-state index contributed by atoms with van der Waals surface area (Å²) in [5.74, 6) is -0.468. The van der Waals surface area contributed by atoms with E-state index < -0.39 is 11.4 Å². The number of amides is 2. The first-order chi connectivity index (χ1) is 13.2. The van der Waals surface area contributed by atoms with Gasteiger partial charge in [-0.05, 0) is 17.4 Å². The lowest BCUT2D eigenvalue weighted by Gasteiger charge is -2.33. The Morgan fingerprint density at radius 1 is 1.25 bits per heavy atom. The van der Waals surface area contributed by atoms with Gasteiger partial charge in [-0.1, -0.05) is 43.3 Å². The number of benzene rings is 1. The van der Waals surface area contributed by atoms with Crippen molar-refractivity contribution in [1.82, 2.24) is 15.7 Å². The van der Waals surface area contributed by atoms with Gasteiger partial charge in [-0.25, -0.2) is 0 Å². The van der Waals surface area contributed by atoms with Crippen molar-refractivity contribution in [2.45, 2.75) is 25.9 Å². The number of rotatable bonds is 9. The second kappa shape index (κ2) is 9.00. The van der Waals surface area contributed by atoms with Gasteiger partial charge in [0.2, 0.25) is 11.8 Å². The number of oxime groups is 1. The van der Waals surface area contributed by atoms with Gasteiger partial charge in [0.05, 0.1) is 18.6 Å². The maximum Gasteiger partial charge on any atom is 0.234 e. The summed E-state index contributed by atoms with van der Waals surface area (Å²) < 4.78 is 0. The Morgan fingerprint density at radius 2 is 1.86 bits per heavy atom. The van der Waals surface area contributed by atoms with Crippen molar-refractivity contribution in [2.75, 3.05) is 19.6 Å². The van der Waals surface area contributed by atoms with E-state index in [4.69, 9.17) is 16.7 Å². The fourth-order valence-corrected chi connectivity index (χ4v) is 3.34. The minimum atomic E-state index is -0.636. The van der Waals surface area contributed by atoms with Gasteiger partial charge < -0.3 is 37.6 Å². The Bertz CT molecular complexity index is 728. The van der Waals surface area contributed by atoms with Gasteiger partial charge in [0.25, 0.3) is 0 Å². The maximum atomic E-state index is 12.3. The Morgan fingerprint density at radius 3 is 2.36 bits per heavy atom. The molecule has 0 saturated heterocycles. The van der Waals surface area contributed by atoms with Gasteiger partial charge in [0.15, 0.2) is 5.84 Å². The zero-order valence-corrected chi connectivity index (χ0v) is 16.0. The molecule has 0 aromatic heterocycles. The SMILES string of the molecule is CC1C(C)C1(CN([O-])CC(=O)NCc1ccc(/C(N)=N/O)cc1)NC(=O)CN. The first-order valence-corrected chi connectivity index (χ1v) is 9.00. The quantitative estimate of drug-likeness (QED) is 0.160. The Kier molecular flexibility index (Phi) is 6.95. The van der Waals surface area contributed by atoms with E-state index >= 15 is 0 Å². The standard InChI is InChI=1S/C18H27N6O4/c1-11-12(2)18(11,22-15(25)7-19)10-24(28)9-16(26)21-8-13-3-5-14(6-4-13)17(20)23-27/h3-6,11-12,27H,7-10,19H2,1-2H3,(H2,20,23)(H,21,26)(H,22,25)/q-1. The third kappa shape index (κ3) is 4.97. The number of amidine groups is 1. The summed E-state index contributed by atoms with van der Waals surface area (Å²) in [6, 6.07) is 6.79. The predicted octanol–water partition coefficient (Wildman–Crippen LogP) is -0.703. The number of hydrogen-bond donors (Lipinski definition) is 5. The average Bonchev–Trinajstić information content (AvgIpc) is 3.17. The second-order valence-corrected chi connectivity index (χ2v) is 7.13. The number of hydrogen-bond acceptors (Lipinski definition) is 7. The van der Waals surface area contributed by atoms with Crippen molar-refractivity contribution in [3.05, 3.63) is 40.6 Å². The highest BCUT2D eigenvalue weighted by atomic mass is 16.5. The first kappa shape index (κ1) is 21.6. The lowest BCUT2D eigenvalue weighted by Crippen LogP contribution is -2.50. The topological polar surface area (TPSA) is 169 Å².